The van der Waals surface area contributed by atoms with Crippen LogP contribution in [0, 0.1) is 18.8 Å². The SMILES string of the molecule is CNC(=O)C1CC(C(C)C/C=C/c2cccc(C)c2)CCO1. The van der Waals surface area contributed by atoms with Crippen LogP contribution >= 0.6 is 0 Å². The Kier molecular flexibility index (Phi) is 6.20. The second-order valence-electron chi connectivity index (χ2n) is 6.29. The van der Waals surface area contributed by atoms with Gasteiger partial charge in [-0.1, -0.05) is 48.9 Å². The first-order valence-electron chi connectivity index (χ1n) is 8.16. The standard InChI is InChI=1S/C19H27NO2/c1-14-6-4-8-16(12-14)9-5-7-15(2)17-10-11-22-18(13-17)19(21)20-3/h4-6,8-9,12,15,17-18H,7,10-11,13H2,1-3H3,(H,20,21)/b9-5+. The minimum Gasteiger partial charge on any atom is -0.368 e. The number of ether oxygens (including phenoxy) is 1. The van der Waals surface area contributed by atoms with Crippen molar-refractivity contribution in [3.05, 3.63) is 41.5 Å². The molecule has 3 unspecified atom stereocenters. The minimum absolute atomic E-state index is 0.00667. The van der Waals surface area contributed by atoms with E-state index < -0.39 is 0 Å². The van der Waals surface area contributed by atoms with Crippen LogP contribution in [0.2, 0.25) is 0 Å². The molecule has 3 atom stereocenters. The van der Waals surface area contributed by atoms with Crippen LogP contribution in [0.3, 0.4) is 0 Å². The molecule has 1 heterocycles. The highest BCUT2D eigenvalue weighted by molar-refractivity contribution is 5.80. The van der Waals surface area contributed by atoms with Gasteiger partial charge in [-0.2, -0.15) is 0 Å². The molecule has 120 valence electrons. The van der Waals surface area contributed by atoms with Crippen molar-refractivity contribution >= 4 is 12.0 Å². The highest BCUT2D eigenvalue weighted by Crippen LogP contribution is 2.29. The minimum atomic E-state index is -0.271. The lowest BCUT2D eigenvalue weighted by Crippen LogP contribution is -2.40. The highest BCUT2D eigenvalue weighted by Gasteiger charge is 2.29. The van der Waals surface area contributed by atoms with Crippen LogP contribution in [0.25, 0.3) is 6.08 Å². The molecule has 0 saturated carbocycles. The van der Waals surface area contributed by atoms with Crippen LogP contribution in [-0.2, 0) is 9.53 Å². The number of amides is 1. The van der Waals surface area contributed by atoms with Crippen LogP contribution in [-0.4, -0.2) is 25.7 Å². The van der Waals surface area contributed by atoms with Crippen molar-refractivity contribution in [1.29, 1.82) is 0 Å². The van der Waals surface area contributed by atoms with Crippen molar-refractivity contribution in [3.8, 4) is 0 Å². The molecule has 3 heteroatoms. The average molecular weight is 301 g/mol. The van der Waals surface area contributed by atoms with E-state index in [1.54, 1.807) is 7.05 Å². The summed E-state index contributed by atoms with van der Waals surface area (Å²) >= 11 is 0. The molecule has 1 saturated heterocycles. The molecule has 1 aromatic rings. The quantitative estimate of drug-likeness (QED) is 0.903. The second kappa shape index (κ2) is 8.14. The summed E-state index contributed by atoms with van der Waals surface area (Å²) < 4.78 is 5.57. The van der Waals surface area contributed by atoms with Crippen LogP contribution in [0.15, 0.2) is 30.3 Å². The monoisotopic (exact) mass is 301 g/mol. The van der Waals surface area contributed by atoms with Gasteiger partial charge in [0.25, 0.3) is 0 Å². The molecule has 2 rings (SSSR count). The number of likely N-dealkylation sites (N-methyl/N-ethyl adjacent to an activating group) is 1. The molecule has 1 fully saturated rings. The first kappa shape index (κ1) is 16.8. The van der Waals surface area contributed by atoms with Gasteiger partial charge < -0.3 is 10.1 Å². The smallest absolute Gasteiger partial charge is 0.248 e. The van der Waals surface area contributed by atoms with Crippen LogP contribution in [0.5, 0.6) is 0 Å². The van der Waals surface area contributed by atoms with E-state index in [0.717, 1.165) is 19.3 Å². The van der Waals surface area contributed by atoms with E-state index >= 15 is 0 Å². The Labute approximate surface area is 133 Å². The molecule has 0 spiro atoms. The summed E-state index contributed by atoms with van der Waals surface area (Å²) in [6.07, 6.45) is 7.10. The normalized spacial score (nSPS) is 23.4. The fraction of sp³-hybridized carbons (Fsp3) is 0.526. The highest BCUT2D eigenvalue weighted by atomic mass is 16.5. The Bertz CT molecular complexity index is 524. The molecule has 0 aliphatic carbocycles. The van der Waals surface area contributed by atoms with Gasteiger partial charge in [0, 0.05) is 13.7 Å². The van der Waals surface area contributed by atoms with Crippen LogP contribution in [0.4, 0.5) is 0 Å². The number of benzene rings is 1. The van der Waals surface area contributed by atoms with Crippen LogP contribution in [0.1, 0.15) is 37.3 Å². The van der Waals surface area contributed by atoms with Gasteiger partial charge in [0.2, 0.25) is 5.91 Å². The number of rotatable bonds is 5. The molecule has 0 bridgehead atoms. The number of hydrogen-bond acceptors (Lipinski definition) is 2. The summed E-state index contributed by atoms with van der Waals surface area (Å²) in [6.45, 7) is 5.08. The summed E-state index contributed by atoms with van der Waals surface area (Å²) in [5, 5.41) is 2.69. The van der Waals surface area contributed by atoms with Gasteiger partial charge in [0.05, 0.1) is 0 Å². The summed E-state index contributed by atoms with van der Waals surface area (Å²) in [5.74, 6) is 1.13. The van der Waals surface area contributed by atoms with Gasteiger partial charge in [-0.15, -0.1) is 0 Å². The van der Waals surface area contributed by atoms with Crippen LogP contribution < -0.4 is 5.32 Å². The fourth-order valence-electron chi connectivity index (χ4n) is 3.07. The second-order valence-corrected chi connectivity index (χ2v) is 6.29. The maximum Gasteiger partial charge on any atom is 0.248 e. The van der Waals surface area contributed by atoms with E-state index in [0.29, 0.717) is 18.4 Å². The summed E-state index contributed by atoms with van der Waals surface area (Å²) in [6, 6.07) is 8.52. The molecule has 3 nitrogen and oxygen atoms in total. The van der Waals surface area contributed by atoms with E-state index in [9.17, 15) is 4.79 Å². The summed E-state index contributed by atoms with van der Waals surface area (Å²) in [4.78, 5) is 11.7. The third kappa shape index (κ3) is 4.70. The molecule has 1 amide bonds. The van der Waals surface area contributed by atoms with E-state index in [-0.39, 0.29) is 12.0 Å². The number of hydrogen-bond donors (Lipinski definition) is 1. The number of nitrogens with one attached hydrogen (secondary N) is 1. The maximum absolute atomic E-state index is 11.7. The molecule has 22 heavy (non-hydrogen) atoms. The molecular formula is C19H27NO2. The average Bonchev–Trinajstić information content (AvgIpc) is 2.54. The van der Waals surface area contributed by atoms with Crippen molar-refractivity contribution in [2.45, 2.75) is 39.2 Å². The first-order chi connectivity index (χ1) is 10.6. The lowest BCUT2D eigenvalue weighted by Gasteiger charge is -2.32. The van der Waals surface area contributed by atoms with Crippen molar-refractivity contribution in [2.75, 3.05) is 13.7 Å². The third-order valence-electron chi connectivity index (χ3n) is 4.53. The Morgan fingerprint density at radius 1 is 1.50 bits per heavy atom. The Morgan fingerprint density at radius 2 is 2.32 bits per heavy atom. The van der Waals surface area contributed by atoms with E-state index in [1.165, 1.54) is 11.1 Å². The summed E-state index contributed by atoms with van der Waals surface area (Å²) in [7, 11) is 1.67. The van der Waals surface area contributed by atoms with Crippen molar-refractivity contribution in [3.63, 3.8) is 0 Å². The van der Waals surface area contributed by atoms with Gasteiger partial charge in [-0.3, -0.25) is 4.79 Å². The molecule has 1 aliphatic rings. The number of allylic oxidation sites excluding steroid dienone is 1. The lowest BCUT2D eigenvalue weighted by atomic mass is 9.82. The van der Waals surface area contributed by atoms with Gasteiger partial charge in [0.15, 0.2) is 0 Å². The van der Waals surface area contributed by atoms with Gasteiger partial charge in [0.1, 0.15) is 6.10 Å². The number of carbonyl (C=O) groups is 1. The van der Waals surface area contributed by atoms with Gasteiger partial charge in [-0.25, -0.2) is 0 Å². The Hall–Kier alpha value is -1.61. The van der Waals surface area contributed by atoms with Crippen molar-refractivity contribution in [2.24, 2.45) is 11.8 Å². The zero-order valence-corrected chi connectivity index (χ0v) is 13.8. The zero-order chi connectivity index (χ0) is 15.9. The maximum atomic E-state index is 11.7. The fourth-order valence-corrected chi connectivity index (χ4v) is 3.07. The Balaban J connectivity index is 1.86. The lowest BCUT2D eigenvalue weighted by molar-refractivity contribution is -0.137. The zero-order valence-electron chi connectivity index (χ0n) is 13.8. The van der Waals surface area contributed by atoms with Crippen molar-refractivity contribution < 1.29 is 9.53 Å². The summed E-state index contributed by atoms with van der Waals surface area (Å²) in [5.41, 5.74) is 2.54. The predicted octanol–water partition coefficient (Wildman–Crippen LogP) is 3.58. The molecule has 1 aromatic carbocycles. The molecule has 1 aliphatic heterocycles. The van der Waals surface area contributed by atoms with E-state index in [4.69, 9.17) is 4.74 Å². The molecule has 1 N–H and O–H groups in total. The first-order valence-corrected chi connectivity index (χ1v) is 8.16. The van der Waals surface area contributed by atoms with E-state index in [2.05, 4.69) is 55.6 Å². The number of aryl methyl sites for hydroxylation is 1. The third-order valence-corrected chi connectivity index (χ3v) is 4.53. The Morgan fingerprint density at radius 3 is 3.05 bits per heavy atom. The van der Waals surface area contributed by atoms with Gasteiger partial charge >= 0.3 is 0 Å². The predicted molar refractivity (Wildman–Crippen MR) is 90.5 cm³/mol. The van der Waals surface area contributed by atoms with Crippen molar-refractivity contribution in [1.82, 2.24) is 5.32 Å². The topological polar surface area (TPSA) is 38.3 Å². The van der Waals surface area contributed by atoms with Gasteiger partial charge in [-0.05, 0) is 43.6 Å². The molecule has 0 radical (unpaired) electrons. The molecule has 0 aromatic heterocycles. The largest absolute Gasteiger partial charge is 0.368 e. The van der Waals surface area contributed by atoms with E-state index in [1.807, 2.05) is 0 Å². The molecular weight excluding hydrogens is 274 g/mol. The number of carbonyl (C=O) groups excluding carboxylic acids is 1.